The van der Waals surface area contributed by atoms with Crippen LogP contribution in [-0.2, 0) is 19.1 Å². The maximum Gasteiger partial charge on any atom is 0.334 e. The first kappa shape index (κ1) is 19.4. The number of carbonyl (C=O) groups excluding carboxylic acids is 2. The van der Waals surface area contributed by atoms with Crippen molar-refractivity contribution in [3.05, 3.63) is 35.5 Å². The quantitative estimate of drug-likeness (QED) is 0.482. The number of hydrogen-bond acceptors (Lipinski definition) is 5. The molecule has 0 aromatic carbocycles. The number of aliphatic hydroxyl groups excluding tert-OH is 1. The molecular weight excluding hydrogens is 320 g/mol. The van der Waals surface area contributed by atoms with Gasteiger partial charge in [-0.25, -0.2) is 4.79 Å². The predicted octanol–water partition coefficient (Wildman–Crippen LogP) is 3.09. The van der Waals surface area contributed by atoms with Gasteiger partial charge < -0.3 is 14.6 Å². The lowest BCUT2D eigenvalue weighted by atomic mass is 9.82. The normalized spacial score (nSPS) is 31.4. The van der Waals surface area contributed by atoms with Crippen molar-refractivity contribution < 1.29 is 24.2 Å². The van der Waals surface area contributed by atoms with Crippen molar-refractivity contribution in [2.45, 2.75) is 65.3 Å². The molecule has 0 radical (unpaired) electrons. The number of fused-ring (bicyclic) bond motifs is 1. The summed E-state index contributed by atoms with van der Waals surface area (Å²) < 4.78 is 11.1. The zero-order valence-corrected chi connectivity index (χ0v) is 15.5. The molecular formula is C20H28O5. The van der Waals surface area contributed by atoms with Crippen molar-refractivity contribution in [2.24, 2.45) is 11.8 Å². The van der Waals surface area contributed by atoms with Gasteiger partial charge in [0.05, 0.1) is 11.8 Å². The Kier molecular flexibility index (Phi) is 6.22. The van der Waals surface area contributed by atoms with Crippen molar-refractivity contribution >= 4 is 11.9 Å². The number of hydrogen-bond donors (Lipinski definition) is 1. The van der Waals surface area contributed by atoms with Crippen molar-refractivity contribution in [1.29, 1.82) is 0 Å². The molecule has 25 heavy (non-hydrogen) atoms. The van der Waals surface area contributed by atoms with Gasteiger partial charge in [-0.15, -0.1) is 0 Å². The van der Waals surface area contributed by atoms with E-state index in [2.05, 4.69) is 6.58 Å². The topological polar surface area (TPSA) is 72.8 Å². The Labute approximate surface area is 149 Å². The zero-order chi connectivity index (χ0) is 18.7. The Hall–Kier alpha value is -1.88. The summed E-state index contributed by atoms with van der Waals surface area (Å²) in [6, 6.07) is 0. The minimum atomic E-state index is -1.00. The van der Waals surface area contributed by atoms with Crippen LogP contribution >= 0.6 is 0 Å². The van der Waals surface area contributed by atoms with Gasteiger partial charge >= 0.3 is 11.9 Å². The lowest BCUT2D eigenvalue weighted by molar-refractivity contribution is -0.163. The molecule has 0 aromatic heterocycles. The van der Waals surface area contributed by atoms with Crippen LogP contribution in [-0.4, -0.2) is 35.4 Å². The lowest BCUT2D eigenvalue weighted by Crippen LogP contribution is -2.43. The Bertz CT molecular complexity index is 616. The van der Waals surface area contributed by atoms with Crippen molar-refractivity contribution in [3.8, 4) is 0 Å². The van der Waals surface area contributed by atoms with Crippen LogP contribution in [0.25, 0.3) is 0 Å². The summed E-state index contributed by atoms with van der Waals surface area (Å²) in [7, 11) is 0. The van der Waals surface area contributed by atoms with E-state index >= 15 is 0 Å². The first-order valence-electron chi connectivity index (χ1n) is 8.86. The Balaban J connectivity index is 2.42. The molecule has 0 bridgehead atoms. The monoisotopic (exact) mass is 348 g/mol. The number of carbonyl (C=O) groups is 2. The van der Waals surface area contributed by atoms with E-state index in [0.29, 0.717) is 24.8 Å². The van der Waals surface area contributed by atoms with E-state index in [1.807, 2.05) is 26.0 Å². The number of aliphatic hydroxyl groups is 1. The van der Waals surface area contributed by atoms with Crippen molar-refractivity contribution in [1.82, 2.24) is 0 Å². The summed E-state index contributed by atoms with van der Waals surface area (Å²) in [4.78, 5) is 24.4. The Morgan fingerprint density at radius 3 is 2.76 bits per heavy atom. The number of ether oxygens (including phenoxy) is 2. The SMILES string of the molecule is C=C1C(=O)OC2CC(C)=CCC=C(C)C(O)C(OC(=O)C(C)CC)C12. The van der Waals surface area contributed by atoms with E-state index in [1.165, 1.54) is 0 Å². The smallest absolute Gasteiger partial charge is 0.334 e. The van der Waals surface area contributed by atoms with Crippen LogP contribution in [0.4, 0.5) is 0 Å². The van der Waals surface area contributed by atoms with Gasteiger partial charge in [0.2, 0.25) is 0 Å². The highest BCUT2D eigenvalue weighted by molar-refractivity contribution is 5.91. The highest BCUT2D eigenvalue weighted by Crippen LogP contribution is 2.37. The fourth-order valence-corrected chi connectivity index (χ4v) is 3.20. The number of rotatable bonds is 3. The van der Waals surface area contributed by atoms with Gasteiger partial charge in [-0.05, 0) is 32.3 Å². The molecule has 5 heteroatoms. The fraction of sp³-hybridized carbons (Fsp3) is 0.600. The third kappa shape index (κ3) is 4.21. The Morgan fingerprint density at radius 1 is 1.44 bits per heavy atom. The molecule has 1 saturated heterocycles. The number of allylic oxidation sites excluding steroid dienone is 2. The van der Waals surface area contributed by atoms with Crippen LogP contribution in [0.5, 0.6) is 0 Å². The van der Waals surface area contributed by atoms with E-state index in [1.54, 1.807) is 13.8 Å². The van der Waals surface area contributed by atoms with E-state index < -0.39 is 30.2 Å². The maximum absolute atomic E-state index is 12.4. The highest BCUT2D eigenvalue weighted by Gasteiger charge is 2.48. The molecule has 138 valence electrons. The van der Waals surface area contributed by atoms with Gasteiger partial charge in [-0.1, -0.05) is 38.2 Å². The third-order valence-corrected chi connectivity index (χ3v) is 5.15. The fourth-order valence-electron chi connectivity index (χ4n) is 3.20. The van der Waals surface area contributed by atoms with Crippen molar-refractivity contribution in [2.75, 3.05) is 0 Å². The van der Waals surface area contributed by atoms with E-state index in [-0.39, 0.29) is 17.5 Å². The average Bonchev–Trinajstić information content (AvgIpc) is 2.84. The first-order valence-corrected chi connectivity index (χ1v) is 8.86. The van der Waals surface area contributed by atoms with Crippen LogP contribution in [0.15, 0.2) is 35.5 Å². The van der Waals surface area contributed by atoms with Gasteiger partial charge in [0.1, 0.15) is 18.3 Å². The van der Waals surface area contributed by atoms with E-state index in [0.717, 1.165) is 5.57 Å². The summed E-state index contributed by atoms with van der Waals surface area (Å²) in [6.07, 6.45) is 3.45. The molecule has 1 aliphatic heterocycles. The molecule has 1 fully saturated rings. The molecule has 0 amide bonds. The summed E-state index contributed by atoms with van der Waals surface area (Å²) in [5, 5.41) is 10.8. The predicted molar refractivity (Wildman–Crippen MR) is 94.6 cm³/mol. The first-order chi connectivity index (χ1) is 11.8. The summed E-state index contributed by atoms with van der Waals surface area (Å²) in [5.41, 5.74) is 2.05. The Morgan fingerprint density at radius 2 is 2.12 bits per heavy atom. The molecule has 2 aliphatic rings. The third-order valence-electron chi connectivity index (χ3n) is 5.15. The van der Waals surface area contributed by atoms with Gasteiger partial charge in [0.25, 0.3) is 0 Å². The van der Waals surface area contributed by atoms with Crippen LogP contribution in [0, 0.1) is 11.8 Å². The number of esters is 2. The second-order valence-electron chi connectivity index (χ2n) is 7.09. The van der Waals surface area contributed by atoms with Crippen LogP contribution < -0.4 is 0 Å². The average molecular weight is 348 g/mol. The second-order valence-corrected chi connectivity index (χ2v) is 7.09. The van der Waals surface area contributed by atoms with Crippen LogP contribution in [0.1, 0.15) is 47.0 Å². The zero-order valence-electron chi connectivity index (χ0n) is 15.5. The highest BCUT2D eigenvalue weighted by atomic mass is 16.6. The molecule has 0 spiro atoms. The van der Waals surface area contributed by atoms with Gasteiger partial charge in [-0.2, -0.15) is 0 Å². The summed E-state index contributed by atoms with van der Waals surface area (Å²) >= 11 is 0. The van der Waals surface area contributed by atoms with Crippen LogP contribution in [0.3, 0.4) is 0 Å². The van der Waals surface area contributed by atoms with Crippen molar-refractivity contribution in [3.63, 3.8) is 0 Å². The molecule has 5 atom stereocenters. The van der Waals surface area contributed by atoms with Gasteiger partial charge in [0, 0.05) is 12.0 Å². The minimum Gasteiger partial charge on any atom is -0.458 e. The molecule has 2 rings (SSSR count). The van der Waals surface area contributed by atoms with E-state index in [4.69, 9.17) is 9.47 Å². The largest absolute Gasteiger partial charge is 0.458 e. The molecule has 0 saturated carbocycles. The van der Waals surface area contributed by atoms with Crippen LogP contribution in [0.2, 0.25) is 0 Å². The summed E-state index contributed by atoms with van der Waals surface area (Å²) in [6.45, 7) is 11.3. The van der Waals surface area contributed by atoms with E-state index in [9.17, 15) is 14.7 Å². The molecule has 5 nitrogen and oxygen atoms in total. The second kappa shape index (κ2) is 8.00. The van der Waals surface area contributed by atoms with Gasteiger partial charge in [0.15, 0.2) is 0 Å². The molecule has 5 unspecified atom stereocenters. The maximum atomic E-state index is 12.4. The van der Waals surface area contributed by atoms with Gasteiger partial charge in [-0.3, -0.25) is 4.79 Å². The molecule has 0 aromatic rings. The molecule has 1 aliphatic carbocycles. The standard InChI is InChI=1S/C20H28O5/c1-6-12(3)19(22)25-18-16-14(5)20(23)24-15(16)10-11(2)8-7-9-13(4)17(18)21/h8-9,12,15-18,21H,5-7,10H2,1-4H3. The molecule has 1 N–H and O–H groups in total. The lowest BCUT2D eigenvalue weighted by Gasteiger charge is -2.32. The summed E-state index contributed by atoms with van der Waals surface area (Å²) in [5.74, 6) is -1.70. The minimum absolute atomic E-state index is 0.257. The molecule has 1 heterocycles.